The SMILES string of the molecule is CN=C(NCCN1CCc2ccccc2C1)NCc1coc(-c2ccccc2)n1.I. The number of halogens is 1. The van der Waals surface area contributed by atoms with Gasteiger partial charge in [0.05, 0.1) is 12.2 Å². The summed E-state index contributed by atoms with van der Waals surface area (Å²) in [6.45, 7) is 4.51. The Hall–Kier alpha value is -2.39. The minimum Gasteiger partial charge on any atom is -0.444 e. The number of hydrogen-bond acceptors (Lipinski definition) is 4. The normalized spacial score (nSPS) is 14.0. The molecular weight excluding hydrogens is 489 g/mol. The van der Waals surface area contributed by atoms with Gasteiger partial charge in [0.25, 0.3) is 0 Å². The monoisotopic (exact) mass is 517 g/mol. The summed E-state index contributed by atoms with van der Waals surface area (Å²) in [5.41, 5.74) is 4.75. The molecular formula is C23H28IN5O. The van der Waals surface area contributed by atoms with Crippen LogP contribution in [0, 0.1) is 0 Å². The van der Waals surface area contributed by atoms with Gasteiger partial charge in [-0.1, -0.05) is 42.5 Å². The number of oxazole rings is 1. The molecule has 0 fully saturated rings. The summed E-state index contributed by atoms with van der Waals surface area (Å²) in [5.74, 6) is 1.40. The maximum absolute atomic E-state index is 5.59. The van der Waals surface area contributed by atoms with Gasteiger partial charge < -0.3 is 15.1 Å². The molecule has 2 aromatic carbocycles. The number of benzene rings is 2. The zero-order valence-corrected chi connectivity index (χ0v) is 19.5. The lowest BCUT2D eigenvalue weighted by Gasteiger charge is -2.28. The molecule has 7 heteroatoms. The van der Waals surface area contributed by atoms with E-state index in [1.165, 1.54) is 11.1 Å². The quantitative estimate of drug-likeness (QED) is 0.297. The molecule has 0 saturated carbocycles. The number of guanidine groups is 1. The molecule has 3 aromatic rings. The second-order valence-corrected chi connectivity index (χ2v) is 7.16. The van der Waals surface area contributed by atoms with Crippen LogP contribution < -0.4 is 10.6 Å². The molecule has 1 aromatic heterocycles. The van der Waals surface area contributed by atoms with E-state index >= 15 is 0 Å². The van der Waals surface area contributed by atoms with Gasteiger partial charge in [-0.2, -0.15) is 0 Å². The predicted molar refractivity (Wildman–Crippen MR) is 131 cm³/mol. The van der Waals surface area contributed by atoms with Gasteiger partial charge in [-0.15, -0.1) is 24.0 Å². The molecule has 1 aliphatic heterocycles. The Bertz CT molecular complexity index is 957. The molecule has 4 rings (SSSR count). The fraction of sp³-hybridized carbons (Fsp3) is 0.304. The number of fused-ring (bicyclic) bond motifs is 1. The highest BCUT2D eigenvalue weighted by Crippen LogP contribution is 2.18. The predicted octanol–water partition coefficient (Wildman–Crippen LogP) is 3.68. The molecule has 2 heterocycles. The number of aromatic nitrogens is 1. The van der Waals surface area contributed by atoms with Gasteiger partial charge in [-0.3, -0.25) is 9.89 Å². The zero-order valence-electron chi connectivity index (χ0n) is 17.2. The molecule has 158 valence electrons. The largest absolute Gasteiger partial charge is 0.444 e. The van der Waals surface area contributed by atoms with E-state index < -0.39 is 0 Å². The highest BCUT2D eigenvalue weighted by molar-refractivity contribution is 14.0. The Balaban J connectivity index is 0.00000256. The van der Waals surface area contributed by atoms with Crippen LogP contribution in [0.15, 0.2) is 70.3 Å². The van der Waals surface area contributed by atoms with Crippen molar-refractivity contribution in [3.63, 3.8) is 0 Å². The summed E-state index contributed by atoms with van der Waals surface area (Å²) in [6.07, 6.45) is 2.81. The van der Waals surface area contributed by atoms with Crippen LogP contribution in [0.5, 0.6) is 0 Å². The Morgan fingerprint density at radius 3 is 2.63 bits per heavy atom. The molecule has 0 atom stereocenters. The molecule has 0 spiro atoms. The smallest absolute Gasteiger partial charge is 0.226 e. The van der Waals surface area contributed by atoms with Crippen LogP contribution in [-0.2, 0) is 19.5 Å². The summed E-state index contributed by atoms with van der Waals surface area (Å²) in [4.78, 5) is 11.3. The topological polar surface area (TPSA) is 65.7 Å². The molecule has 0 amide bonds. The van der Waals surface area contributed by atoms with Crippen molar-refractivity contribution in [1.29, 1.82) is 0 Å². The van der Waals surface area contributed by atoms with E-state index in [0.29, 0.717) is 12.4 Å². The summed E-state index contributed by atoms with van der Waals surface area (Å²) < 4.78 is 5.59. The van der Waals surface area contributed by atoms with Crippen LogP contribution in [-0.4, -0.2) is 42.5 Å². The molecule has 30 heavy (non-hydrogen) atoms. The van der Waals surface area contributed by atoms with Crippen LogP contribution in [0.25, 0.3) is 11.5 Å². The van der Waals surface area contributed by atoms with Gasteiger partial charge in [0.1, 0.15) is 6.26 Å². The van der Waals surface area contributed by atoms with Crippen molar-refractivity contribution in [3.8, 4) is 11.5 Å². The molecule has 0 saturated heterocycles. The van der Waals surface area contributed by atoms with Crippen molar-refractivity contribution in [1.82, 2.24) is 20.5 Å². The van der Waals surface area contributed by atoms with Crippen LogP contribution in [0.1, 0.15) is 16.8 Å². The average Bonchev–Trinajstić information content (AvgIpc) is 3.26. The number of aliphatic imine (C=N–C) groups is 1. The van der Waals surface area contributed by atoms with Gasteiger partial charge in [-0.05, 0) is 29.7 Å². The Kier molecular flexibility index (Phi) is 8.27. The van der Waals surface area contributed by atoms with E-state index in [-0.39, 0.29) is 24.0 Å². The van der Waals surface area contributed by atoms with Crippen LogP contribution in [0.2, 0.25) is 0 Å². The van der Waals surface area contributed by atoms with E-state index in [0.717, 1.165) is 49.8 Å². The molecule has 1 aliphatic rings. The van der Waals surface area contributed by atoms with E-state index in [1.54, 1.807) is 13.3 Å². The van der Waals surface area contributed by atoms with Gasteiger partial charge in [0.15, 0.2) is 5.96 Å². The Labute approximate surface area is 194 Å². The Morgan fingerprint density at radius 1 is 1.07 bits per heavy atom. The molecule has 0 aliphatic carbocycles. The summed E-state index contributed by atoms with van der Waals surface area (Å²) >= 11 is 0. The third kappa shape index (κ3) is 5.82. The molecule has 0 unspecified atom stereocenters. The van der Waals surface area contributed by atoms with E-state index in [1.807, 2.05) is 30.3 Å². The molecule has 2 N–H and O–H groups in total. The fourth-order valence-electron chi connectivity index (χ4n) is 3.57. The van der Waals surface area contributed by atoms with E-state index in [9.17, 15) is 0 Å². The van der Waals surface area contributed by atoms with Gasteiger partial charge in [-0.25, -0.2) is 4.98 Å². The van der Waals surface area contributed by atoms with Gasteiger partial charge in [0.2, 0.25) is 5.89 Å². The molecule has 0 bridgehead atoms. The number of rotatable bonds is 6. The van der Waals surface area contributed by atoms with E-state index in [4.69, 9.17) is 4.42 Å². The first-order valence-electron chi connectivity index (χ1n) is 10.1. The van der Waals surface area contributed by atoms with Gasteiger partial charge >= 0.3 is 0 Å². The van der Waals surface area contributed by atoms with Gasteiger partial charge in [0, 0.05) is 38.8 Å². The van der Waals surface area contributed by atoms with Crippen molar-refractivity contribution in [2.45, 2.75) is 19.5 Å². The number of nitrogens with zero attached hydrogens (tertiary/aromatic N) is 3. The summed E-state index contributed by atoms with van der Waals surface area (Å²) in [5, 5.41) is 6.69. The van der Waals surface area contributed by atoms with Crippen molar-refractivity contribution in [3.05, 3.63) is 77.7 Å². The second kappa shape index (κ2) is 11.1. The maximum Gasteiger partial charge on any atom is 0.226 e. The molecule has 6 nitrogen and oxygen atoms in total. The zero-order chi connectivity index (χ0) is 19.9. The first-order chi connectivity index (χ1) is 14.3. The maximum atomic E-state index is 5.59. The number of hydrogen-bond donors (Lipinski definition) is 2. The lowest BCUT2D eigenvalue weighted by molar-refractivity contribution is 0.258. The third-order valence-electron chi connectivity index (χ3n) is 5.16. The van der Waals surface area contributed by atoms with Crippen molar-refractivity contribution < 1.29 is 4.42 Å². The average molecular weight is 517 g/mol. The van der Waals surface area contributed by atoms with Crippen molar-refractivity contribution in [2.75, 3.05) is 26.7 Å². The second-order valence-electron chi connectivity index (χ2n) is 7.16. The lowest BCUT2D eigenvalue weighted by atomic mass is 10.00. The third-order valence-corrected chi connectivity index (χ3v) is 5.16. The minimum atomic E-state index is 0. The highest BCUT2D eigenvalue weighted by atomic mass is 127. The summed E-state index contributed by atoms with van der Waals surface area (Å²) in [7, 11) is 1.78. The lowest BCUT2D eigenvalue weighted by Crippen LogP contribution is -2.42. The van der Waals surface area contributed by atoms with Crippen molar-refractivity contribution >= 4 is 29.9 Å². The first kappa shape index (κ1) is 22.3. The van der Waals surface area contributed by atoms with Crippen LogP contribution in [0.4, 0.5) is 0 Å². The summed E-state index contributed by atoms with van der Waals surface area (Å²) in [6, 6.07) is 18.6. The van der Waals surface area contributed by atoms with Crippen molar-refractivity contribution in [2.24, 2.45) is 4.99 Å². The standard InChI is InChI=1S/C23H27N5O.HI/c1-24-23(25-12-14-28-13-11-18-7-5-6-10-20(18)16-28)26-15-21-17-29-22(27-21)19-8-3-2-4-9-19;/h2-10,17H,11-16H2,1H3,(H2,24,25,26);1H. The van der Waals surface area contributed by atoms with Crippen LogP contribution in [0.3, 0.4) is 0 Å². The highest BCUT2D eigenvalue weighted by Gasteiger charge is 2.15. The Morgan fingerprint density at radius 2 is 1.83 bits per heavy atom. The minimum absolute atomic E-state index is 0. The number of nitrogens with one attached hydrogen (secondary N) is 2. The van der Waals surface area contributed by atoms with E-state index in [2.05, 4.69) is 49.8 Å². The molecule has 0 radical (unpaired) electrons. The first-order valence-corrected chi connectivity index (χ1v) is 10.1. The van der Waals surface area contributed by atoms with Crippen LogP contribution >= 0.6 is 24.0 Å². The fourth-order valence-corrected chi connectivity index (χ4v) is 3.57.